The molecule has 4 nitrogen and oxygen atoms in total. The number of carbonyl (C=O) groups is 1. The Kier molecular flexibility index (Phi) is 3.30. The predicted octanol–water partition coefficient (Wildman–Crippen LogP) is 1.32. The average molecular weight is 247 g/mol. The maximum Gasteiger partial charge on any atom is 0.253 e. The number of hydrogen-bond acceptors (Lipinski definition) is 3. The first-order valence-corrected chi connectivity index (χ1v) is 6.31. The summed E-state index contributed by atoms with van der Waals surface area (Å²) in [6, 6.07) is 7.67. The van der Waals surface area contributed by atoms with Crippen molar-refractivity contribution in [1.82, 2.24) is 4.90 Å². The topological polar surface area (TPSA) is 49.6 Å². The summed E-state index contributed by atoms with van der Waals surface area (Å²) in [5.74, 6) is 0.0785. The smallest absolute Gasteiger partial charge is 0.253 e. The number of nitrogens with zero attached hydrogens (tertiary/aromatic N) is 2. The van der Waals surface area contributed by atoms with Crippen LogP contribution in [0.4, 0.5) is 5.69 Å². The second kappa shape index (κ2) is 4.61. The van der Waals surface area contributed by atoms with Gasteiger partial charge in [-0.25, -0.2) is 0 Å². The number of amides is 1. The fourth-order valence-electron chi connectivity index (χ4n) is 2.17. The van der Waals surface area contributed by atoms with E-state index in [1.54, 1.807) is 0 Å². The Labute approximate surface area is 108 Å². The normalized spacial score (nSPS) is 17.2. The second-order valence-corrected chi connectivity index (χ2v) is 5.32. The van der Waals surface area contributed by atoms with Crippen LogP contribution in [0.15, 0.2) is 24.3 Å². The molecule has 1 aromatic carbocycles. The quantitative estimate of drug-likeness (QED) is 0.876. The van der Waals surface area contributed by atoms with Gasteiger partial charge in [-0.15, -0.1) is 0 Å². The standard InChI is InChI=1S/C14H21N3O/c1-4-14(15)9-17(10-14)13(18)11-5-7-12(8-6-11)16(2)3/h5-8H,4,9-10,15H2,1-3H3. The number of anilines is 1. The highest BCUT2D eigenvalue weighted by Gasteiger charge is 2.40. The van der Waals surface area contributed by atoms with E-state index in [9.17, 15) is 4.79 Å². The van der Waals surface area contributed by atoms with Gasteiger partial charge < -0.3 is 15.5 Å². The molecule has 2 rings (SSSR count). The minimum atomic E-state index is -0.167. The highest BCUT2D eigenvalue weighted by atomic mass is 16.2. The minimum Gasteiger partial charge on any atom is -0.378 e. The molecule has 1 saturated heterocycles. The molecular weight excluding hydrogens is 226 g/mol. The number of benzene rings is 1. The molecule has 18 heavy (non-hydrogen) atoms. The zero-order valence-corrected chi connectivity index (χ0v) is 11.3. The maximum atomic E-state index is 12.2. The van der Waals surface area contributed by atoms with Crippen molar-refractivity contribution in [2.45, 2.75) is 18.9 Å². The van der Waals surface area contributed by atoms with E-state index in [4.69, 9.17) is 5.73 Å². The molecule has 1 heterocycles. The van der Waals surface area contributed by atoms with Crippen LogP contribution < -0.4 is 10.6 Å². The number of likely N-dealkylation sites (tertiary alicyclic amines) is 1. The highest BCUT2D eigenvalue weighted by Crippen LogP contribution is 2.24. The molecule has 0 bridgehead atoms. The summed E-state index contributed by atoms with van der Waals surface area (Å²) in [7, 11) is 3.96. The molecule has 1 amide bonds. The Hall–Kier alpha value is -1.55. The minimum absolute atomic E-state index is 0.0785. The van der Waals surface area contributed by atoms with E-state index in [0.717, 1.165) is 17.7 Å². The van der Waals surface area contributed by atoms with E-state index in [1.165, 1.54) is 0 Å². The predicted molar refractivity (Wildman–Crippen MR) is 73.9 cm³/mol. The first-order valence-electron chi connectivity index (χ1n) is 6.31. The van der Waals surface area contributed by atoms with Crippen LogP contribution in [0.2, 0.25) is 0 Å². The zero-order chi connectivity index (χ0) is 13.3. The second-order valence-electron chi connectivity index (χ2n) is 5.32. The van der Waals surface area contributed by atoms with Crippen LogP contribution >= 0.6 is 0 Å². The number of nitrogens with two attached hydrogens (primary N) is 1. The summed E-state index contributed by atoms with van der Waals surface area (Å²) < 4.78 is 0. The number of carbonyl (C=O) groups excluding carboxylic acids is 1. The molecule has 1 aliphatic heterocycles. The van der Waals surface area contributed by atoms with Crippen molar-refractivity contribution in [3.63, 3.8) is 0 Å². The monoisotopic (exact) mass is 247 g/mol. The van der Waals surface area contributed by atoms with Crippen molar-refractivity contribution >= 4 is 11.6 Å². The van der Waals surface area contributed by atoms with E-state index in [2.05, 4.69) is 6.92 Å². The van der Waals surface area contributed by atoms with E-state index < -0.39 is 0 Å². The molecule has 0 atom stereocenters. The van der Waals surface area contributed by atoms with Crippen LogP contribution in [0.3, 0.4) is 0 Å². The molecule has 0 aromatic heterocycles. The van der Waals surface area contributed by atoms with Gasteiger partial charge in [0, 0.05) is 38.4 Å². The van der Waals surface area contributed by atoms with Crippen LogP contribution in [0, 0.1) is 0 Å². The Balaban J connectivity index is 2.02. The molecule has 4 heteroatoms. The van der Waals surface area contributed by atoms with Gasteiger partial charge in [-0.3, -0.25) is 4.79 Å². The van der Waals surface area contributed by atoms with Gasteiger partial charge in [0.1, 0.15) is 0 Å². The molecule has 1 fully saturated rings. The lowest BCUT2D eigenvalue weighted by Crippen LogP contribution is -2.68. The summed E-state index contributed by atoms with van der Waals surface area (Å²) >= 11 is 0. The Bertz CT molecular complexity index is 433. The molecule has 1 aliphatic rings. The van der Waals surface area contributed by atoms with Crippen molar-refractivity contribution in [3.05, 3.63) is 29.8 Å². The van der Waals surface area contributed by atoms with Crippen LogP contribution in [0.25, 0.3) is 0 Å². The lowest BCUT2D eigenvalue weighted by atomic mass is 9.88. The third kappa shape index (κ3) is 2.34. The first-order chi connectivity index (χ1) is 8.45. The molecular formula is C14H21N3O. The fraction of sp³-hybridized carbons (Fsp3) is 0.500. The Morgan fingerprint density at radius 2 is 1.89 bits per heavy atom. The lowest BCUT2D eigenvalue weighted by Gasteiger charge is -2.47. The van der Waals surface area contributed by atoms with Gasteiger partial charge in [-0.1, -0.05) is 6.92 Å². The fourth-order valence-corrected chi connectivity index (χ4v) is 2.17. The maximum absolute atomic E-state index is 12.2. The van der Waals surface area contributed by atoms with Crippen molar-refractivity contribution in [3.8, 4) is 0 Å². The van der Waals surface area contributed by atoms with Crippen LogP contribution in [0.5, 0.6) is 0 Å². The van der Waals surface area contributed by atoms with Gasteiger partial charge >= 0.3 is 0 Å². The van der Waals surface area contributed by atoms with Gasteiger partial charge in [0.15, 0.2) is 0 Å². The first kappa shape index (κ1) is 12.9. The van der Waals surface area contributed by atoms with Gasteiger partial charge in [0.25, 0.3) is 5.91 Å². The number of rotatable bonds is 3. The van der Waals surface area contributed by atoms with Gasteiger partial charge in [-0.2, -0.15) is 0 Å². The van der Waals surface area contributed by atoms with Crippen molar-refractivity contribution < 1.29 is 4.79 Å². The van der Waals surface area contributed by atoms with Crippen molar-refractivity contribution in [2.75, 3.05) is 32.1 Å². The van der Waals surface area contributed by atoms with Gasteiger partial charge in [0.2, 0.25) is 0 Å². The summed E-state index contributed by atoms with van der Waals surface area (Å²) in [5, 5.41) is 0. The molecule has 0 unspecified atom stereocenters. The van der Waals surface area contributed by atoms with E-state index in [-0.39, 0.29) is 11.4 Å². The van der Waals surface area contributed by atoms with Crippen molar-refractivity contribution in [2.24, 2.45) is 5.73 Å². The van der Waals surface area contributed by atoms with Gasteiger partial charge in [0.05, 0.1) is 5.54 Å². The Morgan fingerprint density at radius 1 is 1.33 bits per heavy atom. The molecule has 1 aromatic rings. The zero-order valence-electron chi connectivity index (χ0n) is 11.3. The average Bonchev–Trinajstić information content (AvgIpc) is 2.34. The highest BCUT2D eigenvalue weighted by molar-refractivity contribution is 5.95. The number of hydrogen-bond donors (Lipinski definition) is 1. The van der Waals surface area contributed by atoms with Gasteiger partial charge in [-0.05, 0) is 30.7 Å². The summed E-state index contributed by atoms with van der Waals surface area (Å²) in [5.41, 5.74) is 7.73. The summed E-state index contributed by atoms with van der Waals surface area (Å²) in [6.45, 7) is 3.39. The molecule has 0 radical (unpaired) electrons. The van der Waals surface area contributed by atoms with E-state index in [1.807, 2.05) is 48.2 Å². The van der Waals surface area contributed by atoms with E-state index >= 15 is 0 Å². The third-order valence-electron chi connectivity index (χ3n) is 3.63. The molecule has 98 valence electrons. The molecule has 0 spiro atoms. The summed E-state index contributed by atoms with van der Waals surface area (Å²) in [4.78, 5) is 16.0. The lowest BCUT2D eigenvalue weighted by molar-refractivity contribution is 0.0401. The Morgan fingerprint density at radius 3 is 2.33 bits per heavy atom. The SMILES string of the molecule is CCC1(N)CN(C(=O)c2ccc(N(C)C)cc2)C1. The third-order valence-corrected chi connectivity index (χ3v) is 3.63. The van der Waals surface area contributed by atoms with Crippen LogP contribution in [-0.2, 0) is 0 Å². The van der Waals surface area contributed by atoms with E-state index in [0.29, 0.717) is 13.1 Å². The van der Waals surface area contributed by atoms with Crippen molar-refractivity contribution in [1.29, 1.82) is 0 Å². The summed E-state index contributed by atoms with van der Waals surface area (Å²) in [6.07, 6.45) is 0.913. The molecule has 0 saturated carbocycles. The molecule has 0 aliphatic carbocycles. The van der Waals surface area contributed by atoms with Crippen LogP contribution in [0.1, 0.15) is 23.7 Å². The van der Waals surface area contributed by atoms with Crippen LogP contribution in [-0.4, -0.2) is 43.5 Å². The molecule has 2 N–H and O–H groups in total. The largest absolute Gasteiger partial charge is 0.378 e.